The fourth-order valence-corrected chi connectivity index (χ4v) is 1.69. The van der Waals surface area contributed by atoms with E-state index in [1.54, 1.807) is 0 Å². The van der Waals surface area contributed by atoms with Gasteiger partial charge in [0.05, 0.1) is 6.07 Å². The molecule has 0 bridgehead atoms. The summed E-state index contributed by atoms with van der Waals surface area (Å²) in [4.78, 5) is 0. The van der Waals surface area contributed by atoms with Crippen molar-refractivity contribution in [1.29, 1.82) is 5.26 Å². The molecule has 1 nitrogen and oxygen atoms in total. The number of hydrogen-bond acceptors (Lipinski definition) is 1. The van der Waals surface area contributed by atoms with E-state index in [1.807, 2.05) is 13.0 Å². The Bertz CT molecular complexity index is 178. The molecule has 0 spiro atoms. The van der Waals surface area contributed by atoms with Crippen LogP contribution in [0.2, 0.25) is 0 Å². The first-order valence-electron chi connectivity index (χ1n) is 6.31. The fourth-order valence-electron chi connectivity index (χ4n) is 1.69. The van der Waals surface area contributed by atoms with E-state index in [9.17, 15) is 0 Å². The van der Waals surface area contributed by atoms with Crippen LogP contribution in [0, 0.1) is 17.2 Å². The van der Waals surface area contributed by atoms with Gasteiger partial charge in [-0.25, -0.2) is 0 Å². The minimum Gasteiger partial charge on any atom is -0.198 e. The third-order valence-electron chi connectivity index (χ3n) is 2.77. The van der Waals surface area contributed by atoms with Crippen molar-refractivity contribution in [2.45, 2.75) is 64.7 Å². The average Bonchev–Trinajstić information content (AvgIpc) is 2.26. The van der Waals surface area contributed by atoms with Crippen LogP contribution in [-0.4, -0.2) is 0 Å². The van der Waals surface area contributed by atoms with Gasteiger partial charge in [0.1, 0.15) is 0 Å². The summed E-state index contributed by atoms with van der Waals surface area (Å²) in [5.41, 5.74) is 0. The molecule has 0 aliphatic carbocycles. The van der Waals surface area contributed by atoms with E-state index in [0.29, 0.717) is 0 Å². The maximum absolute atomic E-state index is 8.60. The summed E-state index contributed by atoms with van der Waals surface area (Å²) < 4.78 is 0. The van der Waals surface area contributed by atoms with Gasteiger partial charge in [0.2, 0.25) is 0 Å². The number of nitrogens with zero attached hydrogens (tertiary/aromatic N) is 1. The van der Waals surface area contributed by atoms with Gasteiger partial charge >= 0.3 is 0 Å². The summed E-state index contributed by atoms with van der Waals surface area (Å²) in [6, 6.07) is 2.28. The Kier molecular flexibility index (Phi) is 10.7. The zero-order valence-electron chi connectivity index (χ0n) is 10.2. The number of unbranched alkanes of at least 4 members (excludes halogenated alkanes) is 7. The Morgan fingerprint density at radius 2 is 1.60 bits per heavy atom. The number of nitriles is 1. The molecule has 0 radical (unpaired) electrons. The molecule has 86 valence electrons. The van der Waals surface area contributed by atoms with E-state index in [0.717, 1.165) is 6.42 Å². The second kappa shape index (κ2) is 11.3. The average molecular weight is 207 g/mol. The van der Waals surface area contributed by atoms with Crippen molar-refractivity contribution < 1.29 is 0 Å². The molecule has 1 atom stereocenters. The second-order valence-corrected chi connectivity index (χ2v) is 4.37. The largest absolute Gasteiger partial charge is 0.198 e. The zero-order chi connectivity index (χ0) is 11.4. The van der Waals surface area contributed by atoms with Gasteiger partial charge in [-0.1, -0.05) is 44.6 Å². The summed E-state index contributed by atoms with van der Waals surface area (Å²) in [5, 5.41) is 8.60. The highest BCUT2D eigenvalue weighted by atomic mass is 14.3. The van der Waals surface area contributed by atoms with Crippen LogP contribution < -0.4 is 0 Å². The molecule has 0 aromatic rings. The van der Waals surface area contributed by atoms with Crippen LogP contribution in [-0.2, 0) is 0 Å². The van der Waals surface area contributed by atoms with Crippen molar-refractivity contribution in [2.24, 2.45) is 5.92 Å². The molecule has 0 fully saturated rings. The van der Waals surface area contributed by atoms with E-state index in [-0.39, 0.29) is 5.92 Å². The summed E-state index contributed by atoms with van der Waals surface area (Å²) >= 11 is 0. The Morgan fingerprint density at radius 1 is 1.07 bits per heavy atom. The quantitative estimate of drug-likeness (QED) is 0.371. The van der Waals surface area contributed by atoms with E-state index < -0.39 is 0 Å². The van der Waals surface area contributed by atoms with Gasteiger partial charge in [-0.15, -0.1) is 6.58 Å². The zero-order valence-corrected chi connectivity index (χ0v) is 10.2. The molecule has 0 aliphatic heterocycles. The Labute approximate surface area is 95.2 Å². The summed E-state index contributed by atoms with van der Waals surface area (Å²) in [7, 11) is 0. The molecule has 0 saturated carbocycles. The van der Waals surface area contributed by atoms with Crippen LogP contribution in [0.4, 0.5) is 0 Å². The maximum Gasteiger partial charge on any atom is 0.0652 e. The third-order valence-corrected chi connectivity index (χ3v) is 2.77. The SMILES string of the molecule is C=CCCCCCCCCCC(C)C#N. The van der Waals surface area contributed by atoms with Crippen molar-refractivity contribution in [3.8, 4) is 6.07 Å². The van der Waals surface area contributed by atoms with Crippen molar-refractivity contribution in [3.63, 3.8) is 0 Å². The lowest BCUT2D eigenvalue weighted by Gasteiger charge is -2.02. The second-order valence-electron chi connectivity index (χ2n) is 4.37. The third kappa shape index (κ3) is 11.2. The monoisotopic (exact) mass is 207 g/mol. The number of hydrogen-bond donors (Lipinski definition) is 0. The molecule has 0 N–H and O–H groups in total. The van der Waals surface area contributed by atoms with Crippen LogP contribution in [0.3, 0.4) is 0 Å². The smallest absolute Gasteiger partial charge is 0.0652 e. The van der Waals surface area contributed by atoms with E-state index in [1.165, 1.54) is 51.4 Å². The molecule has 0 aliphatic rings. The highest BCUT2D eigenvalue weighted by molar-refractivity contribution is 4.77. The number of rotatable bonds is 10. The topological polar surface area (TPSA) is 23.8 Å². The van der Waals surface area contributed by atoms with Gasteiger partial charge in [0, 0.05) is 5.92 Å². The predicted octanol–water partition coefficient (Wildman–Crippen LogP) is 4.84. The molecule has 15 heavy (non-hydrogen) atoms. The molecule has 0 aromatic carbocycles. The van der Waals surface area contributed by atoms with Gasteiger partial charge in [-0.3, -0.25) is 0 Å². The minimum absolute atomic E-state index is 0.248. The van der Waals surface area contributed by atoms with Crippen LogP contribution in [0.15, 0.2) is 12.7 Å². The van der Waals surface area contributed by atoms with Crippen LogP contribution in [0.5, 0.6) is 0 Å². The first kappa shape index (κ1) is 14.2. The molecule has 1 heteroatoms. The van der Waals surface area contributed by atoms with Crippen molar-refractivity contribution in [3.05, 3.63) is 12.7 Å². The number of allylic oxidation sites excluding steroid dienone is 1. The van der Waals surface area contributed by atoms with Crippen molar-refractivity contribution >= 4 is 0 Å². The van der Waals surface area contributed by atoms with E-state index >= 15 is 0 Å². The standard InChI is InChI=1S/C14H25N/c1-3-4-5-6-7-8-9-10-11-12-14(2)13-15/h3,14H,1,4-12H2,2H3. The molecular weight excluding hydrogens is 182 g/mol. The first-order chi connectivity index (χ1) is 7.31. The highest BCUT2D eigenvalue weighted by Crippen LogP contribution is 2.12. The van der Waals surface area contributed by atoms with Gasteiger partial charge in [0.15, 0.2) is 0 Å². The Morgan fingerprint density at radius 3 is 2.13 bits per heavy atom. The van der Waals surface area contributed by atoms with Crippen LogP contribution in [0.1, 0.15) is 64.7 Å². The van der Waals surface area contributed by atoms with Gasteiger partial charge < -0.3 is 0 Å². The van der Waals surface area contributed by atoms with Crippen LogP contribution >= 0.6 is 0 Å². The molecule has 0 amide bonds. The molecule has 0 aromatic heterocycles. The predicted molar refractivity (Wildman–Crippen MR) is 66.5 cm³/mol. The highest BCUT2D eigenvalue weighted by Gasteiger charge is 1.98. The van der Waals surface area contributed by atoms with Gasteiger partial charge in [-0.2, -0.15) is 5.26 Å². The van der Waals surface area contributed by atoms with Crippen LogP contribution in [0.25, 0.3) is 0 Å². The fraction of sp³-hybridized carbons (Fsp3) is 0.786. The Balaban J connectivity index is 2.99. The van der Waals surface area contributed by atoms with E-state index in [4.69, 9.17) is 5.26 Å². The lowest BCUT2D eigenvalue weighted by molar-refractivity contribution is 0.539. The van der Waals surface area contributed by atoms with Crippen molar-refractivity contribution in [1.82, 2.24) is 0 Å². The normalized spacial score (nSPS) is 12.0. The molecule has 0 heterocycles. The summed E-state index contributed by atoms with van der Waals surface area (Å²) in [6.45, 7) is 5.73. The summed E-state index contributed by atoms with van der Waals surface area (Å²) in [6.07, 6.45) is 13.5. The molecule has 0 saturated heterocycles. The van der Waals surface area contributed by atoms with Crippen molar-refractivity contribution in [2.75, 3.05) is 0 Å². The minimum atomic E-state index is 0.248. The Hall–Kier alpha value is -0.770. The van der Waals surface area contributed by atoms with Gasteiger partial charge in [0.25, 0.3) is 0 Å². The van der Waals surface area contributed by atoms with Gasteiger partial charge in [-0.05, 0) is 26.2 Å². The lowest BCUT2D eigenvalue weighted by Crippen LogP contribution is -1.89. The first-order valence-corrected chi connectivity index (χ1v) is 6.31. The molecule has 1 unspecified atom stereocenters. The lowest BCUT2D eigenvalue weighted by atomic mass is 10.0. The van der Waals surface area contributed by atoms with E-state index in [2.05, 4.69) is 12.6 Å². The summed E-state index contributed by atoms with van der Waals surface area (Å²) in [5.74, 6) is 0.248. The molecule has 0 rings (SSSR count). The maximum atomic E-state index is 8.60. The molecular formula is C14H25N.